The molecule has 4 heterocycles. The first-order valence-corrected chi connectivity index (χ1v) is 12.7. The molecule has 225 valence electrons. The summed E-state index contributed by atoms with van der Waals surface area (Å²) in [5.41, 5.74) is 0.625. The molecule has 0 unspecified atom stereocenters. The zero-order valence-corrected chi connectivity index (χ0v) is 22.6. The Kier molecular flexibility index (Phi) is 16.1. The summed E-state index contributed by atoms with van der Waals surface area (Å²) in [4.78, 5) is 15.5. The fraction of sp³-hybridized carbons (Fsp3) is 0.0909. The quantitative estimate of drug-likeness (QED) is 0.116. The molecule has 0 aliphatic rings. The van der Waals surface area contributed by atoms with Crippen LogP contribution in [0.4, 0.5) is 0 Å². The van der Waals surface area contributed by atoms with Crippen molar-refractivity contribution in [3.8, 4) is 0 Å². The van der Waals surface area contributed by atoms with Crippen molar-refractivity contribution in [2.75, 3.05) is 0 Å². The Balaban J connectivity index is 0.000000581. The van der Waals surface area contributed by atoms with Gasteiger partial charge in [-0.2, -0.15) is 0 Å². The Morgan fingerprint density at radius 1 is 0.415 bits per heavy atom. The van der Waals surface area contributed by atoms with Gasteiger partial charge < -0.3 is 20.4 Å². The second-order valence-corrected chi connectivity index (χ2v) is 8.47. The summed E-state index contributed by atoms with van der Waals surface area (Å²) < 4.78 is 67.9. The average molecular weight is 667 g/mol. The minimum absolute atomic E-state index is 0. The van der Waals surface area contributed by atoms with Crippen LogP contribution in [0.3, 0.4) is 0 Å². The number of halogens is 2. The summed E-state index contributed by atoms with van der Waals surface area (Å²) in [6.45, 7) is 0. The molecule has 0 spiro atoms. The van der Waals surface area contributed by atoms with E-state index in [-0.39, 0.29) is 39.8 Å². The van der Waals surface area contributed by atoms with Crippen LogP contribution in [0.25, 0.3) is 0 Å². The topological polar surface area (TPSA) is 317 Å². The van der Waals surface area contributed by atoms with Crippen LogP contribution in [0.1, 0.15) is 22.8 Å². The molecule has 4 rings (SSSR count). The van der Waals surface area contributed by atoms with E-state index >= 15 is 0 Å². The number of rotatable bonds is 4. The molecule has 19 heteroatoms. The number of nitrogens with zero attached hydrogens (tertiary/aromatic N) is 4. The minimum Gasteiger partial charge on any atom is -0.356 e. The second kappa shape index (κ2) is 17.2. The number of hydrogen-bond donors (Lipinski definition) is 4. The van der Waals surface area contributed by atoms with Gasteiger partial charge in [0.1, 0.15) is 22.8 Å². The van der Waals surface area contributed by atoms with E-state index < -0.39 is 32.1 Å². The van der Waals surface area contributed by atoms with Crippen LogP contribution in [0.15, 0.2) is 97.6 Å². The maximum absolute atomic E-state index is 9.89. The molecule has 0 fully saturated rings. The minimum atomic E-state index is -4.94. The normalized spacial score (nSPS) is 11.2. The van der Waals surface area contributed by atoms with E-state index in [4.69, 9.17) is 37.3 Å². The van der Waals surface area contributed by atoms with Crippen LogP contribution in [0.5, 0.6) is 0 Å². The number of aromatic nitrogens is 4. The van der Waals surface area contributed by atoms with Crippen LogP contribution in [-0.4, -0.2) is 40.4 Å². The fourth-order valence-electron chi connectivity index (χ4n) is 2.54. The van der Waals surface area contributed by atoms with E-state index in [2.05, 4.69) is 19.9 Å². The second-order valence-electron chi connectivity index (χ2n) is 6.96. The molecule has 4 aromatic heterocycles. The standard InChI is InChI=1S/2C11H10N2O2.2ClHO4.Cu/c2*14-11(15,9-5-1-3-7-12-9)10-6-2-4-8-13-10;2*2-1(3,4)5;/h2*1-8,14-15H;2*(H,2,3,4,5);/q;;;;+2/p-2. The third-order valence-electron chi connectivity index (χ3n) is 4.09. The predicted octanol–water partition coefficient (Wildman–Crippen LogP) is -8.19. The van der Waals surface area contributed by atoms with E-state index in [1.807, 2.05) is 0 Å². The third-order valence-corrected chi connectivity index (χ3v) is 4.09. The van der Waals surface area contributed by atoms with E-state index in [0.29, 0.717) is 0 Å². The molecule has 0 aliphatic heterocycles. The first kappa shape index (κ1) is 38.2. The molecule has 1 radical (unpaired) electrons. The Bertz CT molecular complexity index is 1050. The first-order chi connectivity index (χ1) is 18.4. The van der Waals surface area contributed by atoms with Crippen LogP contribution in [0.2, 0.25) is 0 Å². The third kappa shape index (κ3) is 16.3. The van der Waals surface area contributed by atoms with Gasteiger partial charge in [-0.1, -0.05) is 24.3 Å². The SMILES string of the molecule is OC(O)(c1ccccn1)c1ccccn1.OC(O)(c1ccccn1)c1ccccn1.[Cu+2].[O-][Cl+3]([O-])([O-])[O-].[O-][Cl+3]([O-])([O-])[O-]. The fourth-order valence-corrected chi connectivity index (χ4v) is 2.54. The molecule has 4 N–H and O–H groups in total. The Morgan fingerprint density at radius 3 is 0.707 bits per heavy atom. The van der Waals surface area contributed by atoms with Crippen molar-refractivity contribution in [3.05, 3.63) is 120 Å². The molecule has 16 nitrogen and oxygen atoms in total. The molecule has 4 aromatic rings. The van der Waals surface area contributed by atoms with Crippen molar-refractivity contribution in [2.45, 2.75) is 11.6 Å². The molecule has 41 heavy (non-hydrogen) atoms. The van der Waals surface area contributed by atoms with Crippen molar-refractivity contribution in [1.82, 2.24) is 19.9 Å². The zero-order valence-electron chi connectivity index (χ0n) is 20.1. The first-order valence-electron chi connectivity index (χ1n) is 10.2. The predicted molar refractivity (Wildman–Crippen MR) is 107 cm³/mol. The van der Waals surface area contributed by atoms with Gasteiger partial charge in [0.25, 0.3) is 11.6 Å². The van der Waals surface area contributed by atoms with Gasteiger partial charge >= 0.3 is 17.1 Å². The largest absolute Gasteiger partial charge is 2.00 e. The zero-order chi connectivity index (χ0) is 30.5. The van der Waals surface area contributed by atoms with Gasteiger partial charge in [0.05, 0.1) is 0 Å². The van der Waals surface area contributed by atoms with Gasteiger partial charge in [0, 0.05) is 24.8 Å². The van der Waals surface area contributed by atoms with Crippen molar-refractivity contribution in [1.29, 1.82) is 0 Å². The van der Waals surface area contributed by atoms with Crippen LogP contribution in [-0.2, 0) is 28.6 Å². The number of hydrogen-bond acceptors (Lipinski definition) is 16. The van der Waals surface area contributed by atoms with Gasteiger partial charge in [-0.15, -0.1) is 20.5 Å². The monoisotopic (exact) mass is 665 g/mol. The van der Waals surface area contributed by atoms with Crippen LogP contribution in [0, 0.1) is 20.5 Å². The summed E-state index contributed by atoms with van der Waals surface area (Å²) in [5.74, 6) is -4.27. The van der Waals surface area contributed by atoms with Crippen molar-refractivity contribution in [2.24, 2.45) is 0 Å². The summed E-state index contributed by atoms with van der Waals surface area (Å²) in [7, 11) is -9.89. The summed E-state index contributed by atoms with van der Waals surface area (Å²) in [6, 6.07) is 19.7. The van der Waals surface area contributed by atoms with Crippen molar-refractivity contribution in [3.63, 3.8) is 0 Å². The van der Waals surface area contributed by atoms with Gasteiger partial charge in [0.2, 0.25) is 0 Å². The van der Waals surface area contributed by atoms with Crippen molar-refractivity contribution < 1.29 is 95.3 Å². The van der Waals surface area contributed by atoms with Gasteiger partial charge in [-0.3, -0.25) is 19.9 Å². The Labute approximate surface area is 246 Å². The summed E-state index contributed by atoms with van der Waals surface area (Å²) in [6.07, 6.45) is 6.00. The maximum Gasteiger partial charge on any atom is 2.00 e. The maximum atomic E-state index is 9.89. The Hall–Kier alpha value is -2.78. The molecular weight excluding hydrogens is 647 g/mol. The molecule has 0 bridgehead atoms. The van der Waals surface area contributed by atoms with Gasteiger partial charge in [0.15, 0.2) is 0 Å². The number of aliphatic hydroxyl groups is 4. The smallest absolute Gasteiger partial charge is 0.356 e. The molecule has 0 aliphatic carbocycles. The number of pyridine rings is 4. The Morgan fingerprint density at radius 2 is 0.585 bits per heavy atom. The van der Waals surface area contributed by atoms with Crippen molar-refractivity contribution >= 4 is 0 Å². The van der Waals surface area contributed by atoms with Crippen LogP contribution < -0.4 is 37.3 Å². The van der Waals surface area contributed by atoms with E-state index in [1.165, 1.54) is 49.1 Å². The molecule has 0 aromatic carbocycles. The summed E-state index contributed by atoms with van der Waals surface area (Å²) >= 11 is 0. The van der Waals surface area contributed by atoms with Gasteiger partial charge in [-0.05, 0) is 48.5 Å². The molecule has 0 atom stereocenters. The molecule has 0 saturated carbocycles. The molecule has 0 amide bonds. The average Bonchev–Trinajstić information content (AvgIpc) is 2.89. The summed E-state index contributed by atoms with van der Waals surface area (Å²) in [5, 5.41) is 39.6. The molecular formula is C22H20Cl2CuN4O12. The van der Waals surface area contributed by atoms with Crippen LogP contribution >= 0.6 is 0 Å². The van der Waals surface area contributed by atoms with E-state index in [0.717, 1.165) is 0 Å². The molecule has 0 saturated heterocycles. The van der Waals surface area contributed by atoms with E-state index in [1.54, 1.807) is 48.5 Å². The van der Waals surface area contributed by atoms with E-state index in [9.17, 15) is 20.4 Å². The van der Waals surface area contributed by atoms with Gasteiger partial charge in [-0.25, -0.2) is 37.3 Å².